The summed E-state index contributed by atoms with van der Waals surface area (Å²) in [6.45, 7) is 5.55. The summed E-state index contributed by atoms with van der Waals surface area (Å²) in [7, 11) is -5.81. The number of phosphoric acid groups is 1. The smallest absolute Gasteiger partial charge is 0.463 e. The Hall–Kier alpha value is -3.05. The van der Waals surface area contributed by atoms with Crippen LogP contribution in [0, 0.1) is 0 Å². The highest BCUT2D eigenvalue weighted by Crippen LogP contribution is 2.49. The summed E-state index contributed by atoms with van der Waals surface area (Å²) < 4.78 is 73.3. The van der Waals surface area contributed by atoms with E-state index >= 15 is 0 Å². The van der Waals surface area contributed by atoms with E-state index in [1.165, 1.54) is 154 Å². The summed E-state index contributed by atoms with van der Waals surface area (Å²) in [4.78, 5) is 66.3. The summed E-state index contributed by atoms with van der Waals surface area (Å²) in [5.41, 5.74) is 0. The van der Waals surface area contributed by atoms with Gasteiger partial charge in [0.2, 0.25) is 0 Å². The number of carbonyl (C=O) groups is 4. The number of hydrogen-bond acceptors (Lipinski definition) is 24. The zero-order chi connectivity index (χ0) is 84.0. The van der Waals surface area contributed by atoms with Gasteiger partial charge in [0.1, 0.15) is 92.6 Å². The molecule has 0 spiro atoms. The van der Waals surface area contributed by atoms with E-state index in [0.29, 0.717) is 32.1 Å². The summed E-state index contributed by atoms with van der Waals surface area (Å²) >= 11 is 0. The van der Waals surface area contributed by atoms with Crippen LogP contribution in [0.3, 0.4) is 0 Å². The first-order valence-electron chi connectivity index (χ1n) is 46.1. The van der Waals surface area contributed by atoms with Crippen LogP contribution in [0.15, 0.2) is 24.3 Å². The average molecular weight is 1660 g/mol. The van der Waals surface area contributed by atoms with Crippen molar-refractivity contribution in [3.05, 3.63) is 24.3 Å². The molecule has 115 heavy (non-hydrogen) atoms. The fourth-order valence-corrected chi connectivity index (χ4v) is 16.0. The van der Waals surface area contributed by atoms with Crippen molar-refractivity contribution in [2.24, 2.45) is 0 Å². The summed E-state index contributed by atoms with van der Waals surface area (Å²) in [6, 6.07) is 0. The molecule has 25 nitrogen and oxygen atoms in total. The molecule has 26 heteroatoms. The molecule has 0 amide bonds. The minimum Gasteiger partial charge on any atom is -0.463 e. The van der Waals surface area contributed by atoms with Crippen molar-refractivity contribution in [3.63, 3.8) is 0 Å². The van der Waals surface area contributed by atoms with Gasteiger partial charge in [-0.3, -0.25) is 28.2 Å². The van der Waals surface area contributed by atoms with E-state index in [1.807, 2.05) is 0 Å². The molecule has 2 heterocycles. The highest BCUT2D eigenvalue weighted by atomic mass is 31.2. The lowest BCUT2D eigenvalue weighted by molar-refractivity contribution is -0.360. The highest BCUT2D eigenvalue weighted by Gasteiger charge is 2.60. The number of hydrogen-bond donors (Lipinski definition) is 10. The van der Waals surface area contributed by atoms with Crippen molar-refractivity contribution in [1.82, 2.24) is 0 Å². The van der Waals surface area contributed by atoms with Crippen LogP contribution in [-0.4, -0.2) is 205 Å². The van der Waals surface area contributed by atoms with Crippen LogP contribution in [-0.2, 0) is 70.7 Å². The number of esters is 4. The molecular weight excluding hydrogens is 1500 g/mol. The number of allylic oxidation sites excluding steroid dienone is 4. The first kappa shape index (κ1) is 106. The van der Waals surface area contributed by atoms with Crippen molar-refractivity contribution in [1.29, 1.82) is 0 Å². The normalized spacial score (nSPS) is 25.3. The molecule has 0 aromatic heterocycles. The number of phosphoric ester groups is 1. The lowest BCUT2D eigenvalue weighted by atomic mass is 9.84. The van der Waals surface area contributed by atoms with Crippen LogP contribution in [0.2, 0.25) is 0 Å². The Kier molecular flexibility index (Phi) is 63.2. The maximum Gasteiger partial charge on any atom is 0.472 e. The number of carbonyl (C=O) groups excluding carboxylic acids is 4. The lowest BCUT2D eigenvalue weighted by Gasteiger charge is -2.50. The Balaban J connectivity index is 1.93. The molecule has 10 N–H and O–H groups in total. The molecule has 674 valence electrons. The van der Waals surface area contributed by atoms with Gasteiger partial charge in [0.05, 0.1) is 13.2 Å². The molecule has 18 unspecified atom stereocenters. The quantitative estimate of drug-likeness (QED) is 0.00889. The molecule has 0 aromatic carbocycles. The molecule has 0 radical (unpaired) electrons. The summed E-state index contributed by atoms with van der Waals surface area (Å²) in [5, 5.41) is 102. The van der Waals surface area contributed by atoms with Gasteiger partial charge in [-0.15, -0.1) is 0 Å². The monoisotopic (exact) mass is 1660 g/mol. The van der Waals surface area contributed by atoms with Gasteiger partial charge < -0.3 is 88.7 Å². The predicted octanol–water partition coefficient (Wildman–Crippen LogP) is 16.5. The van der Waals surface area contributed by atoms with Crippen LogP contribution in [0.5, 0.6) is 0 Å². The van der Waals surface area contributed by atoms with Gasteiger partial charge in [-0.05, 0) is 77.0 Å². The van der Waals surface area contributed by atoms with Crippen LogP contribution < -0.4 is 0 Å². The first-order valence-corrected chi connectivity index (χ1v) is 47.6. The van der Waals surface area contributed by atoms with Crippen molar-refractivity contribution in [3.8, 4) is 0 Å². The Labute approximate surface area is 692 Å². The molecule has 0 bridgehead atoms. The van der Waals surface area contributed by atoms with E-state index < -0.39 is 162 Å². The fourth-order valence-electron chi connectivity index (χ4n) is 15.1. The Morgan fingerprint density at radius 2 is 0.652 bits per heavy atom. The molecule has 18 atom stereocenters. The number of aliphatic hydroxyl groups is 9. The summed E-state index contributed by atoms with van der Waals surface area (Å²) in [6.07, 6.45) is 27.5. The molecule has 3 fully saturated rings. The number of aliphatic hydroxyl groups excluding tert-OH is 9. The predicted molar refractivity (Wildman–Crippen MR) is 444 cm³/mol. The Morgan fingerprint density at radius 1 is 0.339 bits per heavy atom. The van der Waals surface area contributed by atoms with E-state index in [4.69, 9.17) is 46.9 Å². The van der Waals surface area contributed by atoms with Crippen LogP contribution in [0.1, 0.15) is 387 Å². The number of rotatable bonds is 74. The number of unbranched alkanes of at least 4 members (excludes halogenated alkanes) is 46. The van der Waals surface area contributed by atoms with Gasteiger partial charge in [0.15, 0.2) is 24.8 Å². The second-order valence-corrected chi connectivity index (χ2v) is 34.2. The standard InChI is InChI=1S/C89H163O25P/c1-5-9-13-17-21-25-29-33-35-39-42-46-50-54-58-62-73(92)106-68-71-77(96)79(98)83(102)89(110-71)113-86-84(111-75(94)64-60-56-52-48-44-40-36-34-30-26-22-18-14-10-6-2)80(99)81(100)85(112-88-82(101)78(97)76(95)70(65-90)109-88)87(86)114-115(103,104)107-67-69(108-74(93)63-59-55-51-47-43-38-32-28-24-20-16-12-8-4)66-105-72(91)61-57-53-49-45-41-37-31-27-23-19-15-11-7-3/h25,29,37,41,69-71,76-90,95-102H,5-24,26-28,30-36,38-40,42-68H2,1-4H3,(H,103,104)/b29-25-,41-37-. The van der Waals surface area contributed by atoms with Gasteiger partial charge >= 0.3 is 31.7 Å². The maximum absolute atomic E-state index is 14.9. The second-order valence-electron chi connectivity index (χ2n) is 32.8. The van der Waals surface area contributed by atoms with E-state index in [9.17, 15) is 74.6 Å². The van der Waals surface area contributed by atoms with E-state index in [2.05, 4.69) is 52.0 Å². The van der Waals surface area contributed by atoms with Crippen molar-refractivity contribution >= 4 is 31.7 Å². The molecule has 1 saturated carbocycles. The third-order valence-electron chi connectivity index (χ3n) is 22.4. The van der Waals surface area contributed by atoms with Gasteiger partial charge in [0.25, 0.3) is 0 Å². The largest absolute Gasteiger partial charge is 0.472 e. The topological polar surface area (TPSA) is 380 Å². The fraction of sp³-hybridized carbons (Fsp3) is 0.910. The van der Waals surface area contributed by atoms with Crippen LogP contribution in [0.25, 0.3) is 0 Å². The molecule has 2 aliphatic heterocycles. The Bertz CT molecular complexity index is 2490. The van der Waals surface area contributed by atoms with Gasteiger partial charge in [-0.2, -0.15) is 0 Å². The zero-order valence-electron chi connectivity index (χ0n) is 71.6. The lowest BCUT2D eigenvalue weighted by Crippen LogP contribution is -2.70. The van der Waals surface area contributed by atoms with Crippen molar-refractivity contribution in [2.45, 2.75) is 491 Å². The van der Waals surface area contributed by atoms with E-state index in [0.717, 1.165) is 148 Å². The molecule has 0 aromatic rings. The van der Waals surface area contributed by atoms with Gasteiger partial charge in [-0.1, -0.05) is 309 Å². The Morgan fingerprint density at radius 3 is 1.05 bits per heavy atom. The second kappa shape index (κ2) is 68.5. The SMILES string of the molecule is CCCCCC/C=C\CCCCCCCCCC(=O)OCC1OC(OC2C(OC(=O)CCCCCCCCCCCCCCCCC)C(O)C(O)C(OC3OC(CO)C(O)C(O)C3O)C2OP(=O)(O)OCC(COC(=O)CCCCC/C=C\CCCCCCCC)OC(=O)CCCCCCCCCCCCCCC)C(O)C(O)C1O. The van der Waals surface area contributed by atoms with Crippen LogP contribution >= 0.6 is 7.82 Å². The first-order chi connectivity index (χ1) is 55.7. The third-order valence-corrected chi connectivity index (χ3v) is 23.4. The zero-order valence-corrected chi connectivity index (χ0v) is 72.5. The van der Waals surface area contributed by atoms with Crippen molar-refractivity contribution < 1.29 is 122 Å². The minimum absolute atomic E-state index is 0.00947. The average Bonchev–Trinajstić information content (AvgIpc) is 0.756. The van der Waals surface area contributed by atoms with E-state index in [-0.39, 0.29) is 25.7 Å². The summed E-state index contributed by atoms with van der Waals surface area (Å²) in [5.74, 6) is -2.98. The molecule has 3 rings (SSSR count). The highest BCUT2D eigenvalue weighted by molar-refractivity contribution is 7.47. The van der Waals surface area contributed by atoms with Crippen molar-refractivity contribution in [2.75, 3.05) is 26.4 Å². The van der Waals surface area contributed by atoms with Gasteiger partial charge in [-0.25, -0.2) is 4.57 Å². The maximum atomic E-state index is 14.9. The molecule has 2 saturated heterocycles. The van der Waals surface area contributed by atoms with Crippen LogP contribution in [0.4, 0.5) is 0 Å². The molecule has 3 aliphatic rings. The molecular formula is C89H163O25P. The number of ether oxygens (including phenoxy) is 8. The third kappa shape index (κ3) is 49.0. The molecule has 1 aliphatic carbocycles. The minimum atomic E-state index is -5.81. The van der Waals surface area contributed by atoms with E-state index in [1.54, 1.807) is 0 Å². The van der Waals surface area contributed by atoms with Gasteiger partial charge in [0, 0.05) is 25.7 Å².